The molecule has 0 bridgehead atoms. The molecule has 2 amide bonds. The Labute approximate surface area is 100 Å². The highest BCUT2D eigenvalue weighted by atomic mass is 16.2. The van der Waals surface area contributed by atoms with Crippen LogP contribution >= 0.6 is 0 Å². The zero-order valence-corrected chi connectivity index (χ0v) is 9.67. The Balaban J connectivity index is 1.62. The molecule has 5 heteroatoms. The van der Waals surface area contributed by atoms with Crippen molar-refractivity contribution in [3.8, 4) is 0 Å². The van der Waals surface area contributed by atoms with Gasteiger partial charge in [0.15, 0.2) is 0 Å². The number of carbonyl (C=O) groups excluding carboxylic acids is 1. The van der Waals surface area contributed by atoms with Crippen LogP contribution < -0.4 is 5.32 Å². The van der Waals surface area contributed by atoms with Crippen LogP contribution in [0, 0.1) is 0 Å². The second kappa shape index (κ2) is 4.33. The quantitative estimate of drug-likeness (QED) is 0.797. The van der Waals surface area contributed by atoms with Crippen molar-refractivity contribution in [1.29, 1.82) is 0 Å². The zero-order valence-electron chi connectivity index (χ0n) is 9.67. The molecule has 17 heavy (non-hydrogen) atoms. The zero-order chi connectivity index (χ0) is 11.7. The molecule has 0 aromatic carbocycles. The van der Waals surface area contributed by atoms with Crippen LogP contribution in [-0.2, 0) is 6.54 Å². The van der Waals surface area contributed by atoms with Crippen LogP contribution in [0.2, 0.25) is 0 Å². The fourth-order valence-corrected chi connectivity index (χ4v) is 2.53. The van der Waals surface area contributed by atoms with Crippen molar-refractivity contribution in [1.82, 2.24) is 20.1 Å². The SMILES string of the molecule is O=C1NC[C@H]2CN(Cc3ccccn3)CCN12. The predicted octanol–water partition coefficient (Wildman–Crippen LogP) is 0.291. The number of fused-ring (bicyclic) bond motifs is 1. The number of urea groups is 1. The van der Waals surface area contributed by atoms with Gasteiger partial charge in [-0.1, -0.05) is 6.07 Å². The minimum absolute atomic E-state index is 0.0903. The van der Waals surface area contributed by atoms with Gasteiger partial charge in [0.25, 0.3) is 0 Å². The summed E-state index contributed by atoms with van der Waals surface area (Å²) in [6.07, 6.45) is 1.83. The molecule has 2 aliphatic rings. The van der Waals surface area contributed by atoms with Crippen molar-refractivity contribution in [3.63, 3.8) is 0 Å². The number of piperazine rings is 1. The molecule has 0 unspecified atom stereocenters. The normalized spacial score (nSPS) is 24.6. The number of rotatable bonds is 2. The minimum atomic E-state index is 0.0903. The lowest BCUT2D eigenvalue weighted by molar-refractivity contribution is 0.116. The van der Waals surface area contributed by atoms with Gasteiger partial charge in [-0.25, -0.2) is 4.79 Å². The van der Waals surface area contributed by atoms with Crippen molar-refractivity contribution in [2.24, 2.45) is 0 Å². The van der Waals surface area contributed by atoms with E-state index in [4.69, 9.17) is 0 Å². The molecule has 0 aliphatic carbocycles. The van der Waals surface area contributed by atoms with Gasteiger partial charge in [0.05, 0.1) is 11.7 Å². The molecule has 1 aromatic heterocycles. The molecule has 1 N–H and O–H groups in total. The molecule has 0 spiro atoms. The third-order valence-corrected chi connectivity index (χ3v) is 3.43. The number of carbonyl (C=O) groups is 1. The summed E-state index contributed by atoms with van der Waals surface area (Å²) in [5, 5.41) is 2.89. The Morgan fingerprint density at radius 2 is 2.35 bits per heavy atom. The lowest BCUT2D eigenvalue weighted by Crippen LogP contribution is -2.51. The largest absolute Gasteiger partial charge is 0.336 e. The molecular weight excluding hydrogens is 216 g/mol. The number of nitrogens with one attached hydrogen (secondary N) is 1. The highest BCUT2D eigenvalue weighted by molar-refractivity contribution is 5.77. The molecule has 0 saturated carbocycles. The number of pyridine rings is 1. The van der Waals surface area contributed by atoms with Crippen LogP contribution in [0.15, 0.2) is 24.4 Å². The third kappa shape index (κ3) is 2.10. The molecule has 2 aliphatic heterocycles. The summed E-state index contributed by atoms with van der Waals surface area (Å²) in [5.74, 6) is 0. The lowest BCUT2D eigenvalue weighted by Gasteiger charge is -2.36. The van der Waals surface area contributed by atoms with Gasteiger partial charge in [-0.2, -0.15) is 0 Å². The number of hydrogen-bond donors (Lipinski definition) is 1. The number of amides is 2. The van der Waals surface area contributed by atoms with Crippen LogP contribution in [0.25, 0.3) is 0 Å². The van der Waals surface area contributed by atoms with E-state index >= 15 is 0 Å². The van der Waals surface area contributed by atoms with E-state index in [1.807, 2.05) is 29.3 Å². The van der Waals surface area contributed by atoms with E-state index in [9.17, 15) is 4.79 Å². The van der Waals surface area contributed by atoms with Crippen molar-refractivity contribution in [2.75, 3.05) is 26.2 Å². The van der Waals surface area contributed by atoms with Crippen LogP contribution in [0.4, 0.5) is 4.79 Å². The van der Waals surface area contributed by atoms with E-state index < -0.39 is 0 Å². The number of nitrogens with zero attached hydrogens (tertiary/aromatic N) is 3. The van der Waals surface area contributed by atoms with E-state index in [-0.39, 0.29) is 6.03 Å². The van der Waals surface area contributed by atoms with Gasteiger partial charge in [-0.3, -0.25) is 9.88 Å². The summed E-state index contributed by atoms with van der Waals surface area (Å²) >= 11 is 0. The summed E-state index contributed by atoms with van der Waals surface area (Å²) < 4.78 is 0. The van der Waals surface area contributed by atoms with Crippen molar-refractivity contribution in [3.05, 3.63) is 30.1 Å². The fourth-order valence-electron chi connectivity index (χ4n) is 2.53. The maximum absolute atomic E-state index is 11.5. The Hall–Kier alpha value is -1.62. The van der Waals surface area contributed by atoms with Gasteiger partial charge in [-0.05, 0) is 12.1 Å². The van der Waals surface area contributed by atoms with E-state index in [0.717, 1.165) is 38.4 Å². The van der Waals surface area contributed by atoms with Crippen molar-refractivity contribution < 1.29 is 4.79 Å². The second-order valence-corrected chi connectivity index (χ2v) is 4.59. The lowest BCUT2D eigenvalue weighted by atomic mass is 10.2. The van der Waals surface area contributed by atoms with E-state index in [1.165, 1.54) is 0 Å². The van der Waals surface area contributed by atoms with E-state index in [2.05, 4.69) is 15.2 Å². The maximum Gasteiger partial charge on any atom is 0.317 e. The summed E-state index contributed by atoms with van der Waals surface area (Å²) in [6.45, 7) is 4.34. The summed E-state index contributed by atoms with van der Waals surface area (Å²) in [4.78, 5) is 20.1. The van der Waals surface area contributed by atoms with Crippen molar-refractivity contribution in [2.45, 2.75) is 12.6 Å². The Morgan fingerprint density at radius 3 is 3.18 bits per heavy atom. The molecule has 90 valence electrons. The van der Waals surface area contributed by atoms with Crippen LogP contribution in [-0.4, -0.2) is 53.0 Å². The Bertz CT molecular complexity index is 408. The standard InChI is InChI=1S/C12H16N4O/c17-12-14-7-11-9-15(5-6-16(11)12)8-10-3-1-2-4-13-10/h1-4,11H,5-9H2,(H,14,17)/t11-/m0/s1. The van der Waals surface area contributed by atoms with Crippen LogP contribution in [0.1, 0.15) is 5.69 Å². The minimum Gasteiger partial charge on any atom is -0.336 e. The van der Waals surface area contributed by atoms with Crippen LogP contribution in [0.5, 0.6) is 0 Å². The monoisotopic (exact) mass is 232 g/mol. The van der Waals surface area contributed by atoms with E-state index in [0.29, 0.717) is 6.04 Å². The molecule has 3 heterocycles. The molecular formula is C12H16N4O. The van der Waals surface area contributed by atoms with Gasteiger partial charge in [0.1, 0.15) is 0 Å². The first-order valence-electron chi connectivity index (χ1n) is 5.99. The van der Waals surface area contributed by atoms with Gasteiger partial charge in [0, 0.05) is 38.9 Å². The molecule has 5 nitrogen and oxygen atoms in total. The Kier molecular flexibility index (Phi) is 2.68. The predicted molar refractivity (Wildman–Crippen MR) is 63.4 cm³/mol. The number of aromatic nitrogens is 1. The van der Waals surface area contributed by atoms with Crippen molar-refractivity contribution >= 4 is 6.03 Å². The summed E-state index contributed by atoms with van der Waals surface area (Å²) in [6, 6.07) is 6.41. The summed E-state index contributed by atoms with van der Waals surface area (Å²) in [7, 11) is 0. The average Bonchev–Trinajstić information content (AvgIpc) is 2.72. The molecule has 0 radical (unpaired) electrons. The van der Waals surface area contributed by atoms with Gasteiger partial charge in [0.2, 0.25) is 0 Å². The smallest absolute Gasteiger partial charge is 0.317 e. The Morgan fingerprint density at radius 1 is 1.41 bits per heavy atom. The molecule has 3 rings (SSSR count). The average molecular weight is 232 g/mol. The molecule has 1 aromatic rings. The molecule has 1 atom stereocenters. The summed E-state index contributed by atoms with van der Waals surface area (Å²) in [5.41, 5.74) is 1.10. The van der Waals surface area contributed by atoms with Gasteiger partial charge < -0.3 is 10.2 Å². The molecule has 2 saturated heterocycles. The topological polar surface area (TPSA) is 48.5 Å². The first-order chi connectivity index (χ1) is 8.33. The highest BCUT2D eigenvalue weighted by Crippen LogP contribution is 2.15. The molecule has 2 fully saturated rings. The number of hydrogen-bond acceptors (Lipinski definition) is 3. The van der Waals surface area contributed by atoms with E-state index in [1.54, 1.807) is 0 Å². The van der Waals surface area contributed by atoms with Crippen LogP contribution in [0.3, 0.4) is 0 Å². The van der Waals surface area contributed by atoms with Gasteiger partial charge in [-0.15, -0.1) is 0 Å². The highest BCUT2D eigenvalue weighted by Gasteiger charge is 2.35. The second-order valence-electron chi connectivity index (χ2n) is 4.59. The third-order valence-electron chi connectivity index (χ3n) is 3.43. The first-order valence-corrected chi connectivity index (χ1v) is 5.99. The van der Waals surface area contributed by atoms with Gasteiger partial charge >= 0.3 is 6.03 Å². The first kappa shape index (κ1) is 10.5. The fraction of sp³-hybridized carbons (Fsp3) is 0.500. The maximum atomic E-state index is 11.5.